The van der Waals surface area contributed by atoms with Crippen LogP contribution in [-0.4, -0.2) is 39.1 Å². The van der Waals surface area contributed by atoms with E-state index in [0.717, 1.165) is 32.6 Å². The first-order valence-electron chi connectivity index (χ1n) is 9.34. The monoisotopic (exact) mass is 453 g/mol. The third kappa shape index (κ3) is 4.92. The summed E-state index contributed by atoms with van der Waals surface area (Å²) in [6.07, 6.45) is 0. The van der Waals surface area contributed by atoms with E-state index < -0.39 is 0 Å². The van der Waals surface area contributed by atoms with Crippen LogP contribution in [-0.2, 0) is 4.79 Å². The third-order valence-electron chi connectivity index (χ3n) is 4.25. The number of ether oxygens (including phenoxy) is 1. The van der Waals surface area contributed by atoms with Crippen LogP contribution in [0.15, 0.2) is 52.0 Å². The second-order valence-electron chi connectivity index (χ2n) is 6.55. The Morgan fingerprint density at radius 1 is 1.19 bits per heavy atom. The van der Waals surface area contributed by atoms with Gasteiger partial charge in [0.25, 0.3) is 0 Å². The molecule has 3 heterocycles. The number of amides is 1. The number of thioether (sulfide) groups is 1. The fourth-order valence-corrected chi connectivity index (χ4v) is 4.51. The van der Waals surface area contributed by atoms with Crippen LogP contribution in [0.25, 0.3) is 21.1 Å². The van der Waals surface area contributed by atoms with E-state index in [4.69, 9.17) is 9.26 Å². The number of nitrogens with zero attached hydrogens (tertiary/aromatic N) is 4. The SMILES string of the molecule is COc1ccccc1-c1nc(C)c(-c2ccc(SCC(=O)Nc3cc(C)on3)nn2)s1. The first-order chi connectivity index (χ1) is 15.0. The lowest BCUT2D eigenvalue weighted by Gasteiger charge is -2.04. The molecule has 4 rings (SSSR count). The molecule has 1 aromatic carbocycles. The largest absolute Gasteiger partial charge is 0.496 e. The molecule has 0 bridgehead atoms. The van der Waals surface area contributed by atoms with Crippen molar-refractivity contribution in [3.63, 3.8) is 0 Å². The van der Waals surface area contributed by atoms with Gasteiger partial charge in [-0.2, -0.15) is 0 Å². The summed E-state index contributed by atoms with van der Waals surface area (Å²) in [6, 6.07) is 13.2. The van der Waals surface area contributed by atoms with Crippen LogP contribution >= 0.6 is 23.1 Å². The summed E-state index contributed by atoms with van der Waals surface area (Å²) in [4.78, 5) is 17.7. The number of para-hydroxylation sites is 1. The average molecular weight is 454 g/mol. The number of nitrogens with one attached hydrogen (secondary N) is 1. The molecule has 3 aromatic heterocycles. The number of thiazole rings is 1. The van der Waals surface area contributed by atoms with E-state index in [1.165, 1.54) is 11.8 Å². The van der Waals surface area contributed by atoms with E-state index in [0.29, 0.717) is 16.6 Å². The molecule has 1 N–H and O–H groups in total. The van der Waals surface area contributed by atoms with Crippen LogP contribution in [0.5, 0.6) is 5.75 Å². The van der Waals surface area contributed by atoms with Crippen LogP contribution in [0.2, 0.25) is 0 Å². The summed E-state index contributed by atoms with van der Waals surface area (Å²) in [5.41, 5.74) is 2.56. The molecule has 1 amide bonds. The summed E-state index contributed by atoms with van der Waals surface area (Å²) in [5, 5.41) is 16.5. The lowest BCUT2D eigenvalue weighted by Crippen LogP contribution is -2.14. The van der Waals surface area contributed by atoms with Crippen LogP contribution in [0.4, 0.5) is 5.82 Å². The molecule has 0 aliphatic heterocycles. The molecule has 0 spiro atoms. The molecule has 0 atom stereocenters. The number of benzene rings is 1. The first kappa shape index (κ1) is 21.0. The van der Waals surface area contributed by atoms with Gasteiger partial charge in [0.2, 0.25) is 5.91 Å². The maximum Gasteiger partial charge on any atom is 0.236 e. The van der Waals surface area contributed by atoms with Crippen molar-refractivity contribution in [1.82, 2.24) is 20.3 Å². The molecule has 4 aromatic rings. The summed E-state index contributed by atoms with van der Waals surface area (Å²) in [5.74, 6) is 1.81. The number of carbonyl (C=O) groups is 1. The number of rotatable bonds is 7. The van der Waals surface area contributed by atoms with E-state index in [2.05, 4.69) is 25.7 Å². The first-order valence-corrected chi connectivity index (χ1v) is 11.1. The topological polar surface area (TPSA) is 103 Å². The highest BCUT2D eigenvalue weighted by molar-refractivity contribution is 7.99. The summed E-state index contributed by atoms with van der Waals surface area (Å²) in [6.45, 7) is 3.71. The maximum atomic E-state index is 12.0. The fourth-order valence-electron chi connectivity index (χ4n) is 2.83. The Morgan fingerprint density at radius 2 is 2.03 bits per heavy atom. The molecule has 0 unspecified atom stereocenters. The normalized spacial score (nSPS) is 10.8. The summed E-state index contributed by atoms with van der Waals surface area (Å²) >= 11 is 2.84. The van der Waals surface area contributed by atoms with Crippen molar-refractivity contribution in [2.24, 2.45) is 0 Å². The predicted octanol–water partition coefficient (Wildman–Crippen LogP) is 4.61. The van der Waals surface area contributed by atoms with Crippen molar-refractivity contribution >= 4 is 34.8 Å². The van der Waals surface area contributed by atoms with Gasteiger partial charge in [-0.05, 0) is 38.1 Å². The molecule has 0 aliphatic carbocycles. The molecular formula is C21H19N5O3S2. The van der Waals surface area contributed by atoms with Crippen molar-refractivity contribution in [3.05, 3.63) is 53.9 Å². The minimum Gasteiger partial charge on any atom is -0.496 e. The van der Waals surface area contributed by atoms with Crippen LogP contribution in [0.3, 0.4) is 0 Å². The standard InChI is InChI=1S/C21H19N5O3S2/c1-12-10-17(26-29-12)23-18(27)11-30-19-9-8-15(24-25-19)20-13(2)22-21(31-20)14-6-4-5-7-16(14)28-3/h4-10H,11H2,1-3H3,(H,23,26,27). The number of carbonyl (C=O) groups excluding carboxylic acids is 1. The molecule has 0 fully saturated rings. The smallest absolute Gasteiger partial charge is 0.236 e. The number of aromatic nitrogens is 4. The van der Waals surface area contributed by atoms with Gasteiger partial charge >= 0.3 is 0 Å². The van der Waals surface area contributed by atoms with Crippen molar-refractivity contribution in [2.45, 2.75) is 18.9 Å². The Balaban J connectivity index is 1.43. The lowest BCUT2D eigenvalue weighted by atomic mass is 10.2. The second-order valence-corrected chi connectivity index (χ2v) is 8.54. The molecule has 31 heavy (non-hydrogen) atoms. The summed E-state index contributed by atoms with van der Waals surface area (Å²) in [7, 11) is 1.65. The molecule has 8 nitrogen and oxygen atoms in total. The Kier molecular flexibility index (Phi) is 6.28. The minimum absolute atomic E-state index is 0.191. The zero-order chi connectivity index (χ0) is 21.8. The number of anilines is 1. The average Bonchev–Trinajstić information content (AvgIpc) is 3.37. The molecule has 0 aliphatic rings. The quantitative estimate of drug-likeness (QED) is 0.405. The molecule has 0 saturated carbocycles. The number of methoxy groups -OCH3 is 1. The van der Waals surface area contributed by atoms with Gasteiger partial charge in [-0.3, -0.25) is 4.79 Å². The lowest BCUT2D eigenvalue weighted by molar-refractivity contribution is -0.113. The molecule has 10 heteroatoms. The fraction of sp³-hybridized carbons (Fsp3) is 0.190. The highest BCUT2D eigenvalue weighted by Crippen LogP contribution is 2.38. The minimum atomic E-state index is -0.191. The van der Waals surface area contributed by atoms with Crippen molar-refractivity contribution in [3.8, 4) is 26.9 Å². The molecule has 0 radical (unpaired) electrons. The van der Waals surface area contributed by atoms with Crippen molar-refractivity contribution in [1.29, 1.82) is 0 Å². The van der Waals surface area contributed by atoms with Crippen molar-refractivity contribution < 1.29 is 14.1 Å². The van der Waals surface area contributed by atoms with Crippen LogP contribution in [0, 0.1) is 13.8 Å². The number of hydrogen-bond donors (Lipinski definition) is 1. The van der Waals surface area contributed by atoms with Gasteiger partial charge < -0.3 is 14.6 Å². The van der Waals surface area contributed by atoms with Gasteiger partial charge in [-0.25, -0.2) is 4.98 Å². The van der Waals surface area contributed by atoms with E-state index in [-0.39, 0.29) is 11.7 Å². The Hall–Kier alpha value is -3.24. The summed E-state index contributed by atoms with van der Waals surface area (Å²) < 4.78 is 10.4. The van der Waals surface area contributed by atoms with Gasteiger partial charge in [-0.1, -0.05) is 29.1 Å². The van der Waals surface area contributed by atoms with E-state index in [1.807, 2.05) is 43.3 Å². The van der Waals surface area contributed by atoms with Gasteiger partial charge in [0.15, 0.2) is 5.82 Å². The van der Waals surface area contributed by atoms with Gasteiger partial charge in [-0.15, -0.1) is 21.5 Å². The number of hydrogen-bond acceptors (Lipinski definition) is 9. The highest BCUT2D eigenvalue weighted by atomic mass is 32.2. The third-order valence-corrected chi connectivity index (χ3v) is 6.39. The molecule has 0 saturated heterocycles. The van der Waals surface area contributed by atoms with Crippen LogP contribution < -0.4 is 10.1 Å². The van der Waals surface area contributed by atoms with Crippen LogP contribution in [0.1, 0.15) is 11.5 Å². The van der Waals surface area contributed by atoms with Crippen molar-refractivity contribution in [2.75, 3.05) is 18.2 Å². The second kappa shape index (κ2) is 9.27. The zero-order valence-electron chi connectivity index (χ0n) is 17.1. The van der Waals surface area contributed by atoms with Gasteiger partial charge in [0.1, 0.15) is 27.2 Å². The van der Waals surface area contributed by atoms with Gasteiger partial charge in [0, 0.05) is 6.07 Å². The maximum absolute atomic E-state index is 12.0. The highest BCUT2D eigenvalue weighted by Gasteiger charge is 2.16. The van der Waals surface area contributed by atoms with E-state index in [9.17, 15) is 4.79 Å². The van der Waals surface area contributed by atoms with E-state index in [1.54, 1.807) is 31.4 Å². The molecule has 158 valence electrons. The zero-order valence-corrected chi connectivity index (χ0v) is 18.7. The Bertz CT molecular complexity index is 1200. The Labute approximate surface area is 187 Å². The molecular weight excluding hydrogens is 434 g/mol. The van der Waals surface area contributed by atoms with Gasteiger partial charge in [0.05, 0.1) is 29.0 Å². The Morgan fingerprint density at radius 3 is 2.74 bits per heavy atom. The predicted molar refractivity (Wildman–Crippen MR) is 120 cm³/mol. The number of aryl methyl sites for hydroxylation is 2. The van der Waals surface area contributed by atoms with E-state index >= 15 is 0 Å².